The van der Waals surface area contributed by atoms with E-state index < -0.39 is 0 Å². The van der Waals surface area contributed by atoms with Gasteiger partial charge in [0.15, 0.2) is 0 Å². The molecule has 1 aromatic heterocycles. The fourth-order valence-corrected chi connectivity index (χ4v) is 4.64. The van der Waals surface area contributed by atoms with Gasteiger partial charge < -0.3 is 9.88 Å². The summed E-state index contributed by atoms with van der Waals surface area (Å²) in [7, 11) is 0. The van der Waals surface area contributed by atoms with Crippen LogP contribution >= 0.6 is 0 Å². The summed E-state index contributed by atoms with van der Waals surface area (Å²) in [5, 5.41) is 0. The van der Waals surface area contributed by atoms with Crippen molar-refractivity contribution in [1.29, 1.82) is 0 Å². The van der Waals surface area contributed by atoms with E-state index in [0.29, 0.717) is 11.8 Å². The zero-order valence-electron chi connectivity index (χ0n) is 15.0. The van der Waals surface area contributed by atoms with E-state index in [2.05, 4.69) is 41.1 Å². The van der Waals surface area contributed by atoms with Gasteiger partial charge in [0.25, 0.3) is 0 Å². The Morgan fingerprint density at radius 2 is 1.85 bits per heavy atom. The molecule has 1 atom stereocenters. The van der Waals surface area contributed by atoms with Crippen molar-refractivity contribution < 1.29 is 4.79 Å². The SMILES string of the molecule is CC1(C(=O)N2CCC(c3nc4ccccc4[nH]3)CC2)Cc2ccccc21. The highest BCUT2D eigenvalue weighted by Gasteiger charge is 2.47. The maximum Gasteiger partial charge on any atom is 0.233 e. The van der Waals surface area contributed by atoms with E-state index in [-0.39, 0.29) is 5.41 Å². The molecular formula is C22H23N3O. The number of rotatable bonds is 2. The second kappa shape index (κ2) is 5.70. The molecule has 132 valence electrons. The van der Waals surface area contributed by atoms with Gasteiger partial charge in [-0.15, -0.1) is 0 Å². The van der Waals surface area contributed by atoms with Gasteiger partial charge in [-0.05, 0) is 49.4 Å². The molecule has 1 N–H and O–H groups in total. The van der Waals surface area contributed by atoms with Crippen LogP contribution in [0.5, 0.6) is 0 Å². The molecule has 3 aromatic rings. The maximum absolute atomic E-state index is 13.2. The summed E-state index contributed by atoms with van der Waals surface area (Å²) >= 11 is 0. The van der Waals surface area contributed by atoms with E-state index in [1.54, 1.807) is 0 Å². The van der Waals surface area contributed by atoms with Gasteiger partial charge in [0, 0.05) is 19.0 Å². The van der Waals surface area contributed by atoms with Crippen molar-refractivity contribution in [1.82, 2.24) is 14.9 Å². The molecule has 4 heteroatoms. The van der Waals surface area contributed by atoms with Crippen LogP contribution in [0, 0.1) is 0 Å². The number of piperidine rings is 1. The minimum Gasteiger partial charge on any atom is -0.342 e. The van der Waals surface area contributed by atoms with Crippen LogP contribution in [0.15, 0.2) is 48.5 Å². The molecule has 1 fully saturated rings. The molecule has 26 heavy (non-hydrogen) atoms. The minimum absolute atomic E-state index is 0.291. The molecule has 4 nitrogen and oxygen atoms in total. The van der Waals surface area contributed by atoms with Gasteiger partial charge in [0.1, 0.15) is 5.82 Å². The third-order valence-electron chi connectivity index (χ3n) is 6.20. The molecule has 5 rings (SSSR count). The first kappa shape index (κ1) is 15.6. The van der Waals surface area contributed by atoms with E-state index in [9.17, 15) is 4.79 Å². The van der Waals surface area contributed by atoms with E-state index in [1.807, 2.05) is 24.3 Å². The zero-order valence-corrected chi connectivity index (χ0v) is 15.0. The normalized spacial score (nSPS) is 22.9. The lowest BCUT2D eigenvalue weighted by molar-refractivity contribution is -0.139. The van der Waals surface area contributed by atoms with Crippen molar-refractivity contribution in [3.8, 4) is 0 Å². The number of hydrogen-bond acceptors (Lipinski definition) is 2. The first-order valence-corrected chi connectivity index (χ1v) is 9.47. The molecule has 0 spiro atoms. The first-order valence-electron chi connectivity index (χ1n) is 9.47. The van der Waals surface area contributed by atoms with Crippen LogP contribution in [0.25, 0.3) is 11.0 Å². The molecule has 1 aliphatic heterocycles. The number of carbonyl (C=O) groups is 1. The molecule has 1 aliphatic carbocycles. The highest BCUT2D eigenvalue weighted by Crippen LogP contribution is 2.43. The van der Waals surface area contributed by atoms with Gasteiger partial charge in [0.05, 0.1) is 16.4 Å². The first-order chi connectivity index (χ1) is 12.6. The molecule has 1 saturated heterocycles. The third kappa shape index (κ3) is 2.28. The van der Waals surface area contributed by atoms with Crippen LogP contribution in [0.2, 0.25) is 0 Å². The van der Waals surface area contributed by atoms with E-state index in [4.69, 9.17) is 4.98 Å². The summed E-state index contributed by atoms with van der Waals surface area (Å²) in [6.45, 7) is 3.74. The highest BCUT2D eigenvalue weighted by atomic mass is 16.2. The van der Waals surface area contributed by atoms with E-state index in [0.717, 1.165) is 49.2 Å². The second-order valence-corrected chi connectivity index (χ2v) is 7.87. The Hall–Kier alpha value is -2.62. The standard InChI is InChI=1S/C22H23N3O/c1-22(14-16-6-2-3-7-17(16)22)21(26)25-12-10-15(11-13-25)20-23-18-8-4-5-9-19(18)24-20/h2-9,15H,10-14H2,1H3,(H,23,24). The number of nitrogens with zero attached hydrogens (tertiary/aromatic N) is 2. The third-order valence-corrected chi connectivity index (χ3v) is 6.20. The van der Waals surface area contributed by atoms with Crippen LogP contribution in [-0.2, 0) is 16.6 Å². The van der Waals surface area contributed by atoms with Crippen molar-refractivity contribution in [2.75, 3.05) is 13.1 Å². The summed E-state index contributed by atoms with van der Waals surface area (Å²) in [5.74, 6) is 1.77. The van der Waals surface area contributed by atoms with Crippen LogP contribution in [0.1, 0.15) is 42.6 Å². The van der Waals surface area contributed by atoms with Crippen molar-refractivity contribution in [3.05, 3.63) is 65.5 Å². The van der Waals surface area contributed by atoms with Gasteiger partial charge in [0.2, 0.25) is 5.91 Å². The van der Waals surface area contributed by atoms with Crippen molar-refractivity contribution >= 4 is 16.9 Å². The molecule has 1 unspecified atom stereocenters. The van der Waals surface area contributed by atoms with Crippen LogP contribution in [0.3, 0.4) is 0 Å². The van der Waals surface area contributed by atoms with Gasteiger partial charge in [-0.1, -0.05) is 36.4 Å². The number of imidazole rings is 1. The summed E-state index contributed by atoms with van der Waals surface area (Å²) in [6, 6.07) is 16.5. The number of likely N-dealkylation sites (tertiary alicyclic amines) is 1. The molecule has 2 aromatic carbocycles. The topological polar surface area (TPSA) is 49.0 Å². The predicted molar refractivity (Wildman–Crippen MR) is 102 cm³/mol. The average Bonchev–Trinajstić information content (AvgIpc) is 3.11. The second-order valence-electron chi connectivity index (χ2n) is 7.87. The number of para-hydroxylation sites is 2. The number of H-pyrrole nitrogens is 1. The number of aromatic nitrogens is 2. The van der Waals surface area contributed by atoms with Crippen LogP contribution in [0.4, 0.5) is 0 Å². The highest BCUT2D eigenvalue weighted by molar-refractivity contribution is 5.91. The lowest BCUT2D eigenvalue weighted by atomic mass is 9.64. The van der Waals surface area contributed by atoms with Crippen LogP contribution in [-0.4, -0.2) is 33.9 Å². The Kier molecular flexibility index (Phi) is 3.42. The lowest BCUT2D eigenvalue weighted by Crippen LogP contribution is -2.53. The largest absolute Gasteiger partial charge is 0.342 e. The molecule has 1 amide bonds. The molecule has 2 heterocycles. The molecule has 2 aliphatic rings. The fraction of sp³-hybridized carbons (Fsp3) is 0.364. The fourth-order valence-electron chi connectivity index (χ4n) is 4.64. The number of carbonyl (C=O) groups excluding carboxylic acids is 1. The number of nitrogens with one attached hydrogen (secondary N) is 1. The predicted octanol–water partition coefficient (Wildman–Crippen LogP) is 3.78. The van der Waals surface area contributed by atoms with Gasteiger partial charge >= 0.3 is 0 Å². The van der Waals surface area contributed by atoms with Gasteiger partial charge in [-0.25, -0.2) is 4.98 Å². The van der Waals surface area contributed by atoms with E-state index >= 15 is 0 Å². The maximum atomic E-state index is 13.2. The summed E-state index contributed by atoms with van der Waals surface area (Å²) < 4.78 is 0. The average molecular weight is 345 g/mol. The Bertz CT molecular complexity index is 951. The van der Waals surface area contributed by atoms with Gasteiger partial charge in [-0.3, -0.25) is 4.79 Å². The summed E-state index contributed by atoms with van der Waals surface area (Å²) in [6.07, 6.45) is 2.82. The molecule has 0 saturated carbocycles. The monoisotopic (exact) mass is 345 g/mol. The zero-order chi connectivity index (χ0) is 17.7. The smallest absolute Gasteiger partial charge is 0.233 e. The minimum atomic E-state index is -0.331. The van der Waals surface area contributed by atoms with E-state index in [1.165, 1.54) is 11.1 Å². The molecule has 0 bridgehead atoms. The Labute approximate surface area is 153 Å². The van der Waals surface area contributed by atoms with Gasteiger partial charge in [-0.2, -0.15) is 0 Å². The van der Waals surface area contributed by atoms with Crippen molar-refractivity contribution in [2.45, 2.75) is 37.5 Å². The quantitative estimate of drug-likeness (QED) is 0.768. The Balaban J connectivity index is 1.29. The summed E-state index contributed by atoms with van der Waals surface area (Å²) in [4.78, 5) is 23.4. The molecule has 0 radical (unpaired) electrons. The number of amides is 1. The lowest BCUT2D eigenvalue weighted by Gasteiger charge is -2.44. The number of aromatic amines is 1. The van der Waals surface area contributed by atoms with Crippen molar-refractivity contribution in [3.63, 3.8) is 0 Å². The van der Waals surface area contributed by atoms with Crippen LogP contribution < -0.4 is 0 Å². The number of hydrogen-bond donors (Lipinski definition) is 1. The van der Waals surface area contributed by atoms with Crippen molar-refractivity contribution in [2.24, 2.45) is 0 Å². The summed E-state index contributed by atoms with van der Waals surface area (Å²) in [5.41, 5.74) is 4.33. The number of fused-ring (bicyclic) bond motifs is 2. The Morgan fingerprint density at radius 3 is 2.62 bits per heavy atom. The molecular weight excluding hydrogens is 322 g/mol. The Morgan fingerprint density at radius 1 is 1.12 bits per heavy atom. The number of benzene rings is 2.